The second kappa shape index (κ2) is 8.01. The normalized spacial score (nSPS) is 16.3. The van der Waals surface area contributed by atoms with Crippen LogP contribution in [-0.2, 0) is 10.0 Å². The summed E-state index contributed by atoms with van der Waals surface area (Å²) in [6, 6.07) is 15.3. The summed E-state index contributed by atoms with van der Waals surface area (Å²) in [4.78, 5) is 14.5. The van der Waals surface area contributed by atoms with Crippen molar-refractivity contribution in [3.05, 3.63) is 65.7 Å². The lowest BCUT2D eigenvalue weighted by Gasteiger charge is -2.26. The molecule has 0 aliphatic carbocycles. The van der Waals surface area contributed by atoms with Crippen LogP contribution < -0.4 is 4.72 Å². The molecular weight excluding hydrogens is 348 g/mol. The predicted molar refractivity (Wildman–Crippen MR) is 101 cm³/mol. The van der Waals surface area contributed by atoms with E-state index in [2.05, 4.69) is 4.72 Å². The highest BCUT2D eigenvalue weighted by atomic mass is 32.2. The molecular formula is C20H24N2O3S. The van der Waals surface area contributed by atoms with Crippen LogP contribution in [-0.4, -0.2) is 32.3 Å². The van der Waals surface area contributed by atoms with Crippen molar-refractivity contribution in [3.63, 3.8) is 0 Å². The smallest absolute Gasteiger partial charge is 0.253 e. The van der Waals surface area contributed by atoms with E-state index >= 15 is 0 Å². The topological polar surface area (TPSA) is 66.5 Å². The Hall–Kier alpha value is -2.18. The number of benzene rings is 2. The molecule has 5 nitrogen and oxygen atoms in total. The van der Waals surface area contributed by atoms with Crippen molar-refractivity contribution in [3.8, 4) is 0 Å². The van der Waals surface area contributed by atoms with Crippen molar-refractivity contribution in [1.82, 2.24) is 9.62 Å². The number of rotatable bonds is 5. The molecule has 26 heavy (non-hydrogen) atoms. The van der Waals surface area contributed by atoms with E-state index in [-0.39, 0.29) is 16.8 Å². The third-order valence-corrected chi connectivity index (χ3v) is 6.24. The number of likely N-dealkylation sites (tertiary alicyclic amines) is 1. The number of nitrogens with one attached hydrogen (secondary N) is 1. The number of sulfonamides is 1. The maximum Gasteiger partial charge on any atom is 0.253 e. The number of nitrogens with zero attached hydrogens (tertiary/aromatic N) is 1. The van der Waals surface area contributed by atoms with Crippen LogP contribution in [0.2, 0.25) is 0 Å². The first-order chi connectivity index (χ1) is 12.5. The van der Waals surface area contributed by atoms with Crippen LogP contribution in [0.4, 0.5) is 0 Å². The zero-order valence-electron chi connectivity index (χ0n) is 14.9. The molecule has 1 unspecified atom stereocenters. The summed E-state index contributed by atoms with van der Waals surface area (Å²) in [5, 5.41) is 0. The number of piperidine rings is 1. The summed E-state index contributed by atoms with van der Waals surface area (Å²) in [6.45, 7) is 3.35. The Kier molecular flexibility index (Phi) is 5.74. The van der Waals surface area contributed by atoms with Crippen LogP contribution in [0.15, 0.2) is 59.5 Å². The molecule has 138 valence electrons. The molecule has 1 N–H and O–H groups in total. The molecule has 0 radical (unpaired) electrons. The summed E-state index contributed by atoms with van der Waals surface area (Å²) in [5.41, 5.74) is 1.43. The average molecular weight is 372 g/mol. The van der Waals surface area contributed by atoms with Gasteiger partial charge in [-0.1, -0.05) is 30.3 Å². The predicted octanol–water partition coefficient (Wildman–Crippen LogP) is 3.35. The van der Waals surface area contributed by atoms with Crippen LogP contribution in [0, 0.1) is 0 Å². The number of hydrogen-bond acceptors (Lipinski definition) is 3. The van der Waals surface area contributed by atoms with Gasteiger partial charge in [-0.05, 0) is 56.0 Å². The van der Waals surface area contributed by atoms with E-state index in [4.69, 9.17) is 0 Å². The van der Waals surface area contributed by atoms with Crippen molar-refractivity contribution in [1.29, 1.82) is 0 Å². The maximum atomic E-state index is 12.6. The second-order valence-electron chi connectivity index (χ2n) is 6.63. The minimum atomic E-state index is -3.65. The number of carbonyl (C=O) groups excluding carboxylic acids is 1. The Bertz CT molecular complexity index is 842. The van der Waals surface area contributed by atoms with E-state index in [0.717, 1.165) is 37.9 Å². The first-order valence-corrected chi connectivity index (χ1v) is 10.4. The van der Waals surface area contributed by atoms with Gasteiger partial charge in [0.2, 0.25) is 10.0 Å². The Balaban J connectivity index is 1.71. The van der Waals surface area contributed by atoms with E-state index in [1.54, 1.807) is 19.1 Å². The van der Waals surface area contributed by atoms with Gasteiger partial charge in [0.1, 0.15) is 0 Å². The minimum Gasteiger partial charge on any atom is -0.339 e. The summed E-state index contributed by atoms with van der Waals surface area (Å²) in [6.07, 6.45) is 3.21. The molecule has 0 aromatic heterocycles. The summed E-state index contributed by atoms with van der Waals surface area (Å²) in [5.74, 6) is -0.0285. The molecule has 1 saturated heterocycles. The fraction of sp³-hybridized carbons (Fsp3) is 0.350. The Morgan fingerprint density at radius 1 is 0.962 bits per heavy atom. The number of hydrogen-bond donors (Lipinski definition) is 1. The first kappa shape index (κ1) is 18.6. The van der Waals surface area contributed by atoms with Gasteiger partial charge in [-0.25, -0.2) is 13.1 Å². The molecule has 1 amide bonds. The summed E-state index contributed by atoms with van der Waals surface area (Å²) >= 11 is 0. The van der Waals surface area contributed by atoms with Crippen molar-refractivity contribution < 1.29 is 13.2 Å². The second-order valence-corrected chi connectivity index (χ2v) is 8.34. The lowest BCUT2D eigenvalue weighted by Crippen LogP contribution is -2.35. The number of amides is 1. The molecule has 6 heteroatoms. The lowest BCUT2D eigenvalue weighted by atomic mass is 10.1. The van der Waals surface area contributed by atoms with E-state index in [0.29, 0.717) is 5.56 Å². The molecule has 1 aliphatic rings. The molecule has 2 aromatic rings. The zero-order chi connectivity index (χ0) is 18.6. The van der Waals surface area contributed by atoms with Crippen LogP contribution in [0.5, 0.6) is 0 Å². The Morgan fingerprint density at radius 2 is 1.58 bits per heavy atom. The Labute approximate surface area is 155 Å². The first-order valence-electron chi connectivity index (χ1n) is 8.94. The SMILES string of the molecule is CC(NS(=O)(=O)c1ccc(C(=O)N2CCCCC2)cc1)c1ccccc1. The van der Waals surface area contributed by atoms with E-state index < -0.39 is 10.0 Å². The Morgan fingerprint density at radius 3 is 2.19 bits per heavy atom. The van der Waals surface area contributed by atoms with Crippen LogP contribution in [0.3, 0.4) is 0 Å². The fourth-order valence-corrected chi connectivity index (χ4v) is 4.40. The minimum absolute atomic E-state index is 0.0285. The third kappa shape index (κ3) is 4.31. The van der Waals surface area contributed by atoms with Gasteiger partial charge in [0.05, 0.1) is 4.90 Å². The molecule has 0 saturated carbocycles. The van der Waals surface area contributed by atoms with Crippen LogP contribution in [0.25, 0.3) is 0 Å². The maximum absolute atomic E-state index is 12.6. The molecule has 0 bridgehead atoms. The van der Waals surface area contributed by atoms with E-state index in [1.807, 2.05) is 35.2 Å². The standard InChI is InChI=1S/C20H24N2O3S/c1-16(17-8-4-2-5-9-17)21-26(24,25)19-12-10-18(11-13-19)20(23)22-14-6-3-7-15-22/h2,4-5,8-13,16,21H,3,6-7,14-15H2,1H3. The fourth-order valence-electron chi connectivity index (χ4n) is 3.17. The molecule has 1 heterocycles. The van der Waals surface area contributed by atoms with Crippen LogP contribution >= 0.6 is 0 Å². The van der Waals surface area contributed by atoms with Gasteiger partial charge in [-0.3, -0.25) is 4.79 Å². The monoisotopic (exact) mass is 372 g/mol. The van der Waals surface area contributed by atoms with Gasteiger partial charge in [0, 0.05) is 24.7 Å². The largest absolute Gasteiger partial charge is 0.339 e. The summed E-state index contributed by atoms with van der Waals surface area (Å²) in [7, 11) is -3.65. The van der Waals surface area contributed by atoms with Gasteiger partial charge >= 0.3 is 0 Å². The van der Waals surface area contributed by atoms with Crippen LogP contribution in [0.1, 0.15) is 48.1 Å². The molecule has 0 spiro atoms. The molecule has 1 fully saturated rings. The summed E-state index contributed by atoms with van der Waals surface area (Å²) < 4.78 is 27.9. The zero-order valence-corrected chi connectivity index (χ0v) is 15.7. The highest BCUT2D eigenvalue weighted by molar-refractivity contribution is 7.89. The molecule has 2 aromatic carbocycles. The van der Waals surface area contributed by atoms with Gasteiger partial charge < -0.3 is 4.90 Å². The van der Waals surface area contributed by atoms with Crippen molar-refractivity contribution >= 4 is 15.9 Å². The highest BCUT2D eigenvalue weighted by Crippen LogP contribution is 2.19. The molecule has 3 rings (SSSR count). The van der Waals surface area contributed by atoms with E-state index in [9.17, 15) is 13.2 Å². The molecule has 1 atom stereocenters. The average Bonchev–Trinajstić information content (AvgIpc) is 2.68. The highest BCUT2D eigenvalue weighted by Gasteiger charge is 2.21. The third-order valence-electron chi connectivity index (χ3n) is 4.69. The van der Waals surface area contributed by atoms with Crippen molar-refractivity contribution in [2.24, 2.45) is 0 Å². The van der Waals surface area contributed by atoms with Gasteiger partial charge in [-0.2, -0.15) is 0 Å². The van der Waals surface area contributed by atoms with Gasteiger partial charge in [0.25, 0.3) is 5.91 Å². The van der Waals surface area contributed by atoms with Crippen molar-refractivity contribution in [2.75, 3.05) is 13.1 Å². The van der Waals surface area contributed by atoms with Crippen molar-refractivity contribution in [2.45, 2.75) is 37.1 Å². The van der Waals surface area contributed by atoms with E-state index in [1.165, 1.54) is 12.1 Å². The number of carbonyl (C=O) groups is 1. The molecule has 1 aliphatic heterocycles. The lowest BCUT2D eigenvalue weighted by molar-refractivity contribution is 0.0724. The van der Waals surface area contributed by atoms with Gasteiger partial charge in [0.15, 0.2) is 0 Å². The van der Waals surface area contributed by atoms with Gasteiger partial charge in [-0.15, -0.1) is 0 Å². The quantitative estimate of drug-likeness (QED) is 0.875.